The maximum Gasteiger partial charge on any atom is 0.224 e. The highest BCUT2D eigenvalue weighted by Gasteiger charge is 2.20. The number of rotatable bonds is 5. The molecule has 1 aromatic heterocycles. The highest BCUT2D eigenvalue weighted by atomic mass is 35.5. The lowest BCUT2D eigenvalue weighted by Crippen LogP contribution is -2.05. The molecule has 1 saturated carbocycles. The molecule has 1 aliphatic carbocycles. The Morgan fingerprint density at radius 2 is 2.06 bits per heavy atom. The summed E-state index contributed by atoms with van der Waals surface area (Å²) in [6.45, 7) is 0.952. The molecule has 0 aliphatic heterocycles. The van der Waals surface area contributed by atoms with E-state index in [-0.39, 0.29) is 0 Å². The monoisotopic (exact) mass is 261 g/mol. The van der Waals surface area contributed by atoms with Crippen molar-refractivity contribution in [3.8, 4) is 0 Å². The van der Waals surface area contributed by atoms with Crippen molar-refractivity contribution in [1.82, 2.24) is 9.97 Å². The van der Waals surface area contributed by atoms with Crippen molar-refractivity contribution >= 4 is 28.3 Å². The van der Waals surface area contributed by atoms with E-state index in [4.69, 9.17) is 11.6 Å². The summed E-state index contributed by atoms with van der Waals surface area (Å²) < 4.78 is 0. The summed E-state index contributed by atoms with van der Waals surface area (Å²) >= 11 is 5.93. The van der Waals surface area contributed by atoms with Crippen molar-refractivity contribution in [2.24, 2.45) is 5.92 Å². The second-order valence-electron chi connectivity index (χ2n) is 4.87. The van der Waals surface area contributed by atoms with Crippen molar-refractivity contribution in [1.29, 1.82) is 0 Å². The average molecular weight is 262 g/mol. The van der Waals surface area contributed by atoms with Gasteiger partial charge in [-0.25, -0.2) is 9.97 Å². The molecule has 2 aromatic rings. The van der Waals surface area contributed by atoms with E-state index in [1.165, 1.54) is 25.7 Å². The maximum atomic E-state index is 5.93. The van der Waals surface area contributed by atoms with Crippen LogP contribution in [0.2, 0.25) is 5.28 Å². The summed E-state index contributed by atoms with van der Waals surface area (Å²) in [5.41, 5.74) is 0.891. The number of hydrogen-bond acceptors (Lipinski definition) is 3. The minimum absolute atomic E-state index is 0.304. The molecular weight excluding hydrogens is 246 g/mol. The molecule has 1 heterocycles. The van der Waals surface area contributed by atoms with E-state index < -0.39 is 0 Å². The van der Waals surface area contributed by atoms with E-state index in [0.717, 1.165) is 29.2 Å². The summed E-state index contributed by atoms with van der Waals surface area (Å²) in [7, 11) is 0. The van der Waals surface area contributed by atoms with Crippen LogP contribution in [0.4, 0.5) is 5.82 Å². The highest BCUT2D eigenvalue weighted by molar-refractivity contribution is 6.28. The molecule has 0 saturated heterocycles. The second kappa shape index (κ2) is 5.11. The van der Waals surface area contributed by atoms with Crippen molar-refractivity contribution in [3.63, 3.8) is 0 Å². The number of halogens is 1. The van der Waals surface area contributed by atoms with Gasteiger partial charge < -0.3 is 5.32 Å². The lowest BCUT2D eigenvalue weighted by Gasteiger charge is -2.08. The molecule has 1 aliphatic rings. The zero-order valence-electron chi connectivity index (χ0n) is 10.2. The molecule has 4 heteroatoms. The van der Waals surface area contributed by atoms with Crippen LogP contribution in [0.1, 0.15) is 25.7 Å². The van der Waals surface area contributed by atoms with Crippen molar-refractivity contribution in [2.75, 3.05) is 11.9 Å². The fraction of sp³-hybridized carbons (Fsp3) is 0.429. The molecule has 1 fully saturated rings. The van der Waals surface area contributed by atoms with Crippen LogP contribution >= 0.6 is 11.6 Å². The lowest BCUT2D eigenvalue weighted by atomic mass is 10.2. The molecule has 3 nitrogen and oxygen atoms in total. The molecule has 1 aromatic carbocycles. The van der Waals surface area contributed by atoms with Crippen LogP contribution < -0.4 is 5.32 Å². The molecule has 0 bridgehead atoms. The summed E-state index contributed by atoms with van der Waals surface area (Å²) in [6.07, 6.45) is 5.36. The van der Waals surface area contributed by atoms with Gasteiger partial charge in [0.05, 0.1) is 5.52 Å². The Balaban J connectivity index is 1.72. The van der Waals surface area contributed by atoms with Crippen LogP contribution in [0.3, 0.4) is 0 Å². The molecule has 0 atom stereocenters. The van der Waals surface area contributed by atoms with Crippen molar-refractivity contribution in [3.05, 3.63) is 29.5 Å². The van der Waals surface area contributed by atoms with Gasteiger partial charge in [-0.15, -0.1) is 0 Å². The molecule has 0 amide bonds. The molecule has 18 heavy (non-hydrogen) atoms. The molecule has 94 valence electrons. The van der Waals surface area contributed by atoms with Crippen LogP contribution in [0.25, 0.3) is 10.9 Å². The van der Waals surface area contributed by atoms with Gasteiger partial charge >= 0.3 is 0 Å². The fourth-order valence-corrected chi connectivity index (χ4v) is 2.36. The number of benzene rings is 1. The average Bonchev–Trinajstić information content (AvgIpc) is 3.18. The van der Waals surface area contributed by atoms with Crippen LogP contribution in [0, 0.1) is 5.92 Å². The molecule has 0 spiro atoms. The van der Waals surface area contributed by atoms with Gasteiger partial charge in [0.1, 0.15) is 5.82 Å². The third-order valence-corrected chi connectivity index (χ3v) is 3.52. The zero-order chi connectivity index (χ0) is 12.4. The maximum absolute atomic E-state index is 5.93. The van der Waals surface area contributed by atoms with E-state index in [9.17, 15) is 0 Å². The highest BCUT2D eigenvalue weighted by Crippen LogP contribution is 2.33. The number of hydrogen-bond donors (Lipinski definition) is 1. The minimum atomic E-state index is 0.304. The number of nitrogens with one attached hydrogen (secondary N) is 1. The lowest BCUT2D eigenvalue weighted by molar-refractivity contribution is 0.687. The van der Waals surface area contributed by atoms with Crippen LogP contribution in [-0.2, 0) is 0 Å². The Bertz CT molecular complexity index is 552. The number of anilines is 1. The third-order valence-electron chi connectivity index (χ3n) is 3.35. The van der Waals surface area contributed by atoms with Gasteiger partial charge in [-0.1, -0.05) is 25.0 Å². The smallest absolute Gasteiger partial charge is 0.224 e. The number of aromatic nitrogens is 2. The normalized spacial score (nSPS) is 14.9. The minimum Gasteiger partial charge on any atom is -0.369 e. The number of para-hydroxylation sites is 1. The van der Waals surface area contributed by atoms with Gasteiger partial charge in [-0.2, -0.15) is 0 Å². The molecule has 0 radical (unpaired) electrons. The Kier molecular flexibility index (Phi) is 3.33. The largest absolute Gasteiger partial charge is 0.369 e. The Morgan fingerprint density at radius 1 is 1.22 bits per heavy atom. The van der Waals surface area contributed by atoms with Gasteiger partial charge in [-0.05, 0) is 42.5 Å². The fourth-order valence-electron chi connectivity index (χ4n) is 2.19. The zero-order valence-corrected chi connectivity index (χ0v) is 11.0. The predicted molar refractivity (Wildman–Crippen MR) is 75.0 cm³/mol. The topological polar surface area (TPSA) is 37.8 Å². The van der Waals surface area contributed by atoms with Crippen LogP contribution in [0.5, 0.6) is 0 Å². The van der Waals surface area contributed by atoms with Crippen molar-refractivity contribution < 1.29 is 0 Å². The molecule has 3 rings (SSSR count). The first kappa shape index (κ1) is 11.7. The summed E-state index contributed by atoms with van der Waals surface area (Å²) in [6, 6.07) is 7.94. The number of fused-ring (bicyclic) bond motifs is 1. The van der Waals surface area contributed by atoms with Crippen LogP contribution in [-0.4, -0.2) is 16.5 Å². The molecular formula is C14H16ClN3. The standard InChI is InChI=1S/C14H16ClN3/c15-14-17-12-6-2-1-5-11(12)13(18-14)16-9-3-4-10-7-8-10/h1-2,5-6,10H,3-4,7-9H2,(H,16,17,18). The summed E-state index contributed by atoms with van der Waals surface area (Å²) in [4.78, 5) is 8.49. The predicted octanol–water partition coefficient (Wildman–Crippen LogP) is 3.89. The third kappa shape index (κ3) is 2.72. The van der Waals surface area contributed by atoms with Gasteiger partial charge in [0.2, 0.25) is 5.28 Å². The van der Waals surface area contributed by atoms with E-state index in [1.54, 1.807) is 0 Å². The van der Waals surface area contributed by atoms with Gasteiger partial charge in [0.25, 0.3) is 0 Å². The van der Waals surface area contributed by atoms with E-state index in [2.05, 4.69) is 15.3 Å². The first-order chi connectivity index (χ1) is 8.83. The van der Waals surface area contributed by atoms with E-state index in [1.807, 2.05) is 24.3 Å². The summed E-state index contributed by atoms with van der Waals surface area (Å²) in [5.74, 6) is 1.83. The van der Waals surface area contributed by atoms with E-state index in [0.29, 0.717) is 5.28 Å². The SMILES string of the molecule is Clc1nc(NCCCC2CC2)c2ccccc2n1. The Hall–Kier alpha value is -1.35. The number of nitrogens with zero attached hydrogens (tertiary/aromatic N) is 2. The summed E-state index contributed by atoms with van der Waals surface area (Å²) in [5, 5.41) is 4.72. The first-order valence-corrected chi connectivity index (χ1v) is 6.87. The quantitative estimate of drug-likeness (QED) is 0.656. The Labute approximate surface area is 112 Å². The van der Waals surface area contributed by atoms with Gasteiger partial charge in [0.15, 0.2) is 0 Å². The second-order valence-corrected chi connectivity index (χ2v) is 5.21. The van der Waals surface area contributed by atoms with Gasteiger partial charge in [0, 0.05) is 11.9 Å². The first-order valence-electron chi connectivity index (χ1n) is 6.49. The molecule has 1 N–H and O–H groups in total. The van der Waals surface area contributed by atoms with Crippen LogP contribution in [0.15, 0.2) is 24.3 Å². The van der Waals surface area contributed by atoms with Gasteiger partial charge in [-0.3, -0.25) is 0 Å². The van der Waals surface area contributed by atoms with Crippen molar-refractivity contribution in [2.45, 2.75) is 25.7 Å². The Morgan fingerprint density at radius 3 is 2.89 bits per heavy atom. The van der Waals surface area contributed by atoms with E-state index >= 15 is 0 Å². The molecule has 0 unspecified atom stereocenters.